The van der Waals surface area contributed by atoms with Crippen molar-refractivity contribution in [3.63, 3.8) is 0 Å². The van der Waals surface area contributed by atoms with E-state index in [4.69, 9.17) is 25.2 Å². The zero-order valence-electron chi connectivity index (χ0n) is 15.6. The molecular formula is C22H16ClN3O4. The molecule has 2 aromatic carbocycles. The molecule has 0 fully saturated rings. The number of carbonyl (C=O) groups is 1. The molecule has 0 bridgehead atoms. The molecule has 4 aromatic rings. The fourth-order valence-electron chi connectivity index (χ4n) is 2.56. The van der Waals surface area contributed by atoms with Crippen LogP contribution in [-0.4, -0.2) is 16.1 Å². The van der Waals surface area contributed by atoms with Gasteiger partial charge in [-0.1, -0.05) is 17.7 Å². The maximum absolute atomic E-state index is 12.0. The molecule has 0 saturated carbocycles. The van der Waals surface area contributed by atoms with Gasteiger partial charge in [0.2, 0.25) is 11.8 Å². The molecule has 4 rings (SSSR count). The van der Waals surface area contributed by atoms with Gasteiger partial charge in [0.05, 0.1) is 6.26 Å². The minimum absolute atomic E-state index is 0.0936. The molecule has 0 atom stereocenters. The van der Waals surface area contributed by atoms with E-state index in [2.05, 4.69) is 15.5 Å². The van der Waals surface area contributed by atoms with E-state index in [1.807, 2.05) is 0 Å². The van der Waals surface area contributed by atoms with Crippen molar-refractivity contribution in [1.82, 2.24) is 10.2 Å². The topological polar surface area (TPSA) is 90.4 Å². The van der Waals surface area contributed by atoms with Crippen molar-refractivity contribution in [2.75, 3.05) is 5.32 Å². The molecule has 0 aliphatic heterocycles. The number of halogens is 1. The monoisotopic (exact) mass is 421 g/mol. The second kappa shape index (κ2) is 9.11. The number of anilines is 1. The summed E-state index contributed by atoms with van der Waals surface area (Å²) in [4.78, 5) is 12.0. The Morgan fingerprint density at radius 1 is 1.10 bits per heavy atom. The van der Waals surface area contributed by atoms with Crippen LogP contribution in [0.5, 0.6) is 5.75 Å². The summed E-state index contributed by atoms with van der Waals surface area (Å²) in [5.41, 5.74) is 1.36. The number of hydrogen-bond acceptors (Lipinski definition) is 6. The predicted octanol–water partition coefficient (Wildman–Crippen LogP) is 5.21. The number of amides is 1. The number of ether oxygens (including phenoxy) is 1. The van der Waals surface area contributed by atoms with Gasteiger partial charge in [-0.15, -0.1) is 10.2 Å². The van der Waals surface area contributed by atoms with Gasteiger partial charge in [-0.2, -0.15) is 0 Å². The van der Waals surface area contributed by atoms with Crippen LogP contribution in [-0.2, 0) is 11.4 Å². The fraction of sp³-hybridized carbons (Fsp3) is 0.0455. The van der Waals surface area contributed by atoms with Crippen LogP contribution in [0.3, 0.4) is 0 Å². The number of furan rings is 1. The smallest absolute Gasteiger partial charge is 0.254 e. The summed E-state index contributed by atoms with van der Waals surface area (Å²) in [6.07, 6.45) is 4.52. The number of rotatable bonds is 7. The van der Waals surface area contributed by atoms with E-state index in [0.29, 0.717) is 34.0 Å². The summed E-state index contributed by atoms with van der Waals surface area (Å²) in [6, 6.07) is 17.6. The normalized spacial score (nSPS) is 11.0. The van der Waals surface area contributed by atoms with Crippen LogP contribution in [0.2, 0.25) is 5.02 Å². The Morgan fingerprint density at radius 3 is 2.77 bits per heavy atom. The Morgan fingerprint density at radius 2 is 1.97 bits per heavy atom. The number of aromatic nitrogens is 2. The average Bonchev–Trinajstić information content (AvgIpc) is 3.44. The third kappa shape index (κ3) is 5.15. The van der Waals surface area contributed by atoms with Gasteiger partial charge in [0, 0.05) is 28.4 Å². The second-order valence-corrected chi connectivity index (χ2v) is 6.60. The number of benzene rings is 2. The first-order chi connectivity index (χ1) is 14.7. The lowest BCUT2D eigenvalue weighted by Gasteiger charge is -2.06. The molecule has 2 aromatic heterocycles. The highest BCUT2D eigenvalue weighted by Gasteiger charge is 2.09. The summed E-state index contributed by atoms with van der Waals surface area (Å²) in [5, 5.41) is 11.4. The van der Waals surface area contributed by atoms with E-state index in [-0.39, 0.29) is 12.5 Å². The van der Waals surface area contributed by atoms with E-state index in [1.54, 1.807) is 73.0 Å². The molecule has 0 radical (unpaired) electrons. The molecule has 30 heavy (non-hydrogen) atoms. The van der Waals surface area contributed by atoms with Gasteiger partial charge < -0.3 is 18.9 Å². The number of nitrogens with one attached hydrogen (secondary N) is 1. The summed E-state index contributed by atoms with van der Waals surface area (Å²) < 4.78 is 16.5. The maximum Gasteiger partial charge on any atom is 0.254 e. The maximum atomic E-state index is 12.0. The van der Waals surface area contributed by atoms with Gasteiger partial charge in [0.1, 0.15) is 11.5 Å². The highest BCUT2D eigenvalue weighted by molar-refractivity contribution is 6.30. The van der Waals surface area contributed by atoms with Crippen molar-refractivity contribution in [2.24, 2.45) is 0 Å². The van der Waals surface area contributed by atoms with Crippen LogP contribution in [0.25, 0.3) is 17.5 Å². The first-order valence-corrected chi connectivity index (χ1v) is 9.37. The molecular weight excluding hydrogens is 406 g/mol. The van der Waals surface area contributed by atoms with E-state index < -0.39 is 0 Å². The Kier molecular flexibility index (Phi) is 5.91. The van der Waals surface area contributed by atoms with Crippen LogP contribution in [0, 0.1) is 0 Å². The highest BCUT2D eigenvalue weighted by atomic mass is 35.5. The fourth-order valence-corrected chi connectivity index (χ4v) is 2.68. The van der Waals surface area contributed by atoms with Crippen molar-refractivity contribution >= 4 is 29.3 Å². The van der Waals surface area contributed by atoms with Crippen molar-refractivity contribution in [1.29, 1.82) is 0 Å². The van der Waals surface area contributed by atoms with Gasteiger partial charge in [-0.05, 0) is 54.6 Å². The lowest BCUT2D eigenvalue weighted by molar-refractivity contribution is -0.111. The molecule has 1 N–H and O–H groups in total. The molecule has 0 aliphatic carbocycles. The van der Waals surface area contributed by atoms with Crippen LogP contribution in [0.4, 0.5) is 5.69 Å². The molecule has 0 spiro atoms. The zero-order chi connectivity index (χ0) is 20.8. The first kappa shape index (κ1) is 19.5. The van der Waals surface area contributed by atoms with E-state index in [0.717, 1.165) is 5.56 Å². The highest BCUT2D eigenvalue weighted by Crippen LogP contribution is 2.22. The summed E-state index contributed by atoms with van der Waals surface area (Å²) in [6.45, 7) is 0.0936. The summed E-state index contributed by atoms with van der Waals surface area (Å²) in [7, 11) is 0. The minimum atomic E-state index is -0.284. The van der Waals surface area contributed by atoms with Crippen molar-refractivity contribution in [2.45, 2.75) is 6.61 Å². The van der Waals surface area contributed by atoms with Crippen molar-refractivity contribution in [3.05, 3.63) is 89.7 Å². The minimum Gasteiger partial charge on any atom is -0.484 e. The van der Waals surface area contributed by atoms with Gasteiger partial charge in [-0.3, -0.25) is 4.79 Å². The zero-order valence-corrected chi connectivity index (χ0v) is 16.4. The van der Waals surface area contributed by atoms with E-state index in [9.17, 15) is 4.79 Å². The molecule has 0 aliphatic rings. The first-order valence-electron chi connectivity index (χ1n) is 8.99. The quantitative estimate of drug-likeness (QED) is 0.412. The van der Waals surface area contributed by atoms with Gasteiger partial charge in [0.25, 0.3) is 5.89 Å². The predicted molar refractivity (Wildman–Crippen MR) is 112 cm³/mol. The largest absolute Gasteiger partial charge is 0.484 e. The van der Waals surface area contributed by atoms with E-state index in [1.165, 1.54) is 6.08 Å². The molecule has 0 unspecified atom stereocenters. The Hall–Kier alpha value is -3.84. The average molecular weight is 422 g/mol. The standard InChI is InChI=1S/C22H16ClN3O4/c23-16-8-6-15(7-9-16)22-26-25-21(30-22)14-29-19-4-1-3-17(13-19)24-20(27)11-10-18-5-2-12-28-18/h1-13H,14H2,(H,24,27). The summed E-state index contributed by atoms with van der Waals surface area (Å²) in [5.74, 6) is 1.58. The number of nitrogens with zero attached hydrogens (tertiary/aromatic N) is 2. The molecule has 150 valence electrons. The molecule has 2 heterocycles. The molecule has 7 nitrogen and oxygen atoms in total. The lowest BCUT2D eigenvalue weighted by atomic mass is 10.2. The van der Waals surface area contributed by atoms with Crippen molar-refractivity contribution in [3.8, 4) is 17.2 Å². The third-order valence-corrected chi connectivity index (χ3v) is 4.22. The molecule has 1 amide bonds. The Balaban J connectivity index is 1.34. The van der Waals surface area contributed by atoms with E-state index >= 15 is 0 Å². The van der Waals surface area contributed by atoms with Gasteiger partial charge in [0.15, 0.2) is 6.61 Å². The Labute approximate surface area is 176 Å². The van der Waals surface area contributed by atoms with Crippen LogP contribution in [0.15, 0.2) is 81.8 Å². The van der Waals surface area contributed by atoms with Crippen LogP contribution < -0.4 is 10.1 Å². The third-order valence-electron chi connectivity index (χ3n) is 3.96. The van der Waals surface area contributed by atoms with Gasteiger partial charge in [-0.25, -0.2) is 0 Å². The Bertz CT molecular complexity index is 1150. The SMILES string of the molecule is O=C(C=Cc1ccco1)Nc1cccc(OCc2nnc(-c3ccc(Cl)cc3)o2)c1. The summed E-state index contributed by atoms with van der Waals surface area (Å²) >= 11 is 5.89. The second-order valence-electron chi connectivity index (χ2n) is 6.16. The van der Waals surface area contributed by atoms with Crippen LogP contribution in [0.1, 0.15) is 11.7 Å². The van der Waals surface area contributed by atoms with Gasteiger partial charge >= 0.3 is 0 Å². The number of hydrogen-bond donors (Lipinski definition) is 1. The number of carbonyl (C=O) groups excluding carboxylic acids is 1. The molecule has 8 heteroatoms. The van der Waals surface area contributed by atoms with Crippen molar-refractivity contribution < 1.29 is 18.4 Å². The lowest BCUT2D eigenvalue weighted by Crippen LogP contribution is -2.07. The molecule has 0 saturated heterocycles. The van der Waals surface area contributed by atoms with Crippen LogP contribution >= 0.6 is 11.6 Å².